The number of hydrogen-bond donors (Lipinski definition) is 0. The zero-order valence-corrected chi connectivity index (χ0v) is 16.5. The van der Waals surface area contributed by atoms with Crippen LogP contribution in [-0.2, 0) is 4.79 Å². The minimum atomic E-state index is 0.264. The monoisotopic (exact) mass is 382 g/mol. The summed E-state index contributed by atoms with van der Waals surface area (Å²) in [6.45, 7) is 3.57. The van der Waals surface area contributed by atoms with Gasteiger partial charge in [-0.3, -0.25) is 9.69 Å². The van der Waals surface area contributed by atoms with Gasteiger partial charge in [-0.25, -0.2) is 0 Å². The number of benzene rings is 1. The van der Waals surface area contributed by atoms with Gasteiger partial charge in [0.05, 0.1) is 6.04 Å². The van der Waals surface area contributed by atoms with Crippen LogP contribution < -0.4 is 9.47 Å². The molecule has 0 N–H and O–H groups in total. The van der Waals surface area contributed by atoms with Gasteiger partial charge in [0.25, 0.3) is 0 Å². The molecule has 1 amide bonds. The molecule has 0 aromatic heterocycles. The van der Waals surface area contributed by atoms with Crippen molar-refractivity contribution in [3.63, 3.8) is 0 Å². The van der Waals surface area contributed by atoms with Crippen LogP contribution in [0.1, 0.15) is 56.4 Å². The summed E-state index contributed by atoms with van der Waals surface area (Å²) < 4.78 is 11.2. The van der Waals surface area contributed by atoms with Gasteiger partial charge in [-0.2, -0.15) is 0 Å². The summed E-state index contributed by atoms with van der Waals surface area (Å²) in [5.74, 6) is 3.49. The molecular weight excluding hydrogens is 352 g/mol. The van der Waals surface area contributed by atoms with Crippen molar-refractivity contribution in [3.8, 4) is 11.5 Å². The Morgan fingerprint density at radius 2 is 1.71 bits per heavy atom. The van der Waals surface area contributed by atoms with Gasteiger partial charge in [-0.15, -0.1) is 0 Å². The van der Waals surface area contributed by atoms with Crippen molar-refractivity contribution in [2.24, 2.45) is 11.8 Å². The van der Waals surface area contributed by atoms with Crippen LogP contribution in [0.4, 0.5) is 0 Å². The molecule has 1 aromatic rings. The Kier molecular flexibility index (Phi) is 4.07. The van der Waals surface area contributed by atoms with E-state index in [2.05, 4.69) is 28.0 Å². The summed E-state index contributed by atoms with van der Waals surface area (Å²) in [6.07, 6.45) is 8.43. The van der Waals surface area contributed by atoms with Gasteiger partial charge in [0, 0.05) is 24.4 Å². The Labute approximate surface area is 167 Å². The fourth-order valence-corrected chi connectivity index (χ4v) is 6.69. The topological polar surface area (TPSA) is 42.0 Å². The number of amides is 1. The zero-order chi connectivity index (χ0) is 18.7. The third-order valence-electron chi connectivity index (χ3n) is 8.06. The van der Waals surface area contributed by atoms with E-state index in [1.807, 2.05) is 0 Å². The van der Waals surface area contributed by atoms with Gasteiger partial charge in [0.1, 0.15) is 0 Å². The van der Waals surface area contributed by atoms with Crippen LogP contribution in [-0.4, -0.2) is 54.2 Å². The number of likely N-dealkylation sites (tertiary alicyclic amines) is 1. The first-order chi connectivity index (χ1) is 13.8. The van der Waals surface area contributed by atoms with Gasteiger partial charge < -0.3 is 14.4 Å². The Hall–Kier alpha value is -1.75. The highest BCUT2D eigenvalue weighted by atomic mass is 16.7. The van der Waals surface area contributed by atoms with E-state index < -0.39 is 0 Å². The zero-order valence-electron chi connectivity index (χ0n) is 16.5. The van der Waals surface area contributed by atoms with Gasteiger partial charge in [0.2, 0.25) is 12.7 Å². The van der Waals surface area contributed by atoms with Crippen molar-refractivity contribution < 1.29 is 14.3 Å². The van der Waals surface area contributed by atoms with Crippen LogP contribution in [0, 0.1) is 11.8 Å². The van der Waals surface area contributed by atoms with E-state index in [1.54, 1.807) is 0 Å². The lowest BCUT2D eigenvalue weighted by atomic mass is 9.75. The highest BCUT2D eigenvalue weighted by Gasteiger charge is 2.55. The van der Waals surface area contributed by atoms with Crippen LogP contribution in [0.5, 0.6) is 11.5 Å². The number of nitrogens with zero attached hydrogens (tertiary/aromatic N) is 2. The fourth-order valence-electron chi connectivity index (χ4n) is 6.69. The molecule has 5 nitrogen and oxygen atoms in total. The lowest BCUT2D eigenvalue weighted by Crippen LogP contribution is -2.61. The molecule has 0 radical (unpaired) electrons. The number of hydrogen-bond acceptors (Lipinski definition) is 4. The fraction of sp³-hybridized carbons (Fsp3) is 0.696. The molecule has 1 aromatic carbocycles. The maximum Gasteiger partial charge on any atom is 0.231 e. The normalized spacial score (nSPS) is 36.6. The van der Waals surface area contributed by atoms with Gasteiger partial charge in [-0.05, 0) is 62.4 Å². The largest absolute Gasteiger partial charge is 0.454 e. The van der Waals surface area contributed by atoms with Crippen molar-refractivity contribution >= 4 is 5.91 Å². The molecule has 2 bridgehead atoms. The Balaban J connectivity index is 1.34. The van der Waals surface area contributed by atoms with Crippen molar-refractivity contribution in [1.29, 1.82) is 0 Å². The lowest BCUT2D eigenvalue weighted by Gasteiger charge is -2.51. The SMILES string of the molecule is O=C(C1CCCCC1)N1C[C@@H](c2ccc3c(c2)OCO3)[C@@H]2[C@H]1C1CCN2CC1. The Morgan fingerprint density at radius 1 is 0.929 bits per heavy atom. The van der Waals surface area contributed by atoms with Crippen LogP contribution >= 0.6 is 0 Å². The van der Waals surface area contributed by atoms with E-state index in [4.69, 9.17) is 9.47 Å². The molecule has 6 aliphatic rings. The average Bonchev–Trinajstić information content (AvgIpc) is 3.40. The first kappa shape index (κ1) is 17.1. The van der Waals surface area contributed by atoms with E-state index in [0.29, 0.717) is 36.6 Å². The number of ether oxygens (including phenoxy) is 2. The maximum absolute atomic E-state index is 13.6. The summed E-state index contributed by atoms with van der Waals surface area (Å²) >= 11 is 0. The van der Waals surface area contributed by atoms with Crippen molar-refractivity contribution in [1.82, 2.24) is 9.80 Å². The van der Waals surface area contributed by atoms with Gasteiger partial charge in [-0.1, -0.05) is 25.3 Å². The predicted octanol–water partition coefficient (Wildman–Crippen LogP) is 3.38. The average molecular weight is 383 g/mol. The highest BCUT2D eigenvalue weighted by molar-refractivity contribution is 5.80. The Bertz CT molecular complexity index is 767. The van der Waals surface area contributed by atoms with E-state index in [-0.39, 0.29) is 5.92 Å². The van der Waals surface area contributed by atoms with Crippen LogP contribution in [0.25, 0.3) is 0 Å². The van der Waals surface area contributed by atoms with Gasteiger partial charge >= 0.3 is 0 Å². The molecule has 3 atom stereocenters. The van der Waals surface area contributed by atoms with E-state index >= 15 is 0 Å². The quantitative estimate of drug-likeness (QED) is 0.786. The lowest BCUT2D eigenvalue weighted by molar-refractivity contribution is -0.141. The highest BCUT2D eigenvalue weighted by Crippen LogP contribution is 2.48. The van der Waals surface area contributed by atoms with Crippen molar-refractivity contribution in [2.45, 2.75) is 62.9 Å². The summed E-state index contributed by atoms with van der Waals surface area (Å²) in [7, 11) is 0. The van der Waals surface area contributed by atoms with Crippen LogP contribution in [0.3, 0.4) is 0 Å². The number of carbonyl (C=O) groups excluding carboxylic acids is 1. The third kappa shape index (κ3) is 2.58. The molecule has 0 spiro atoms. The minimum Gasteiger partial charge on any atom is -0.454 e. The standard InChI is InChI=1S/C23H30N2O3/c26-23(16-4-2-1-3-5-16)25-13-18(17-6-7-19-20(12-17)28-14-27-19)22-21(25)15-8-10-24(22)11-9-15/h6-7,12,15-16,18,21-22H,1-5,8-11,13-14H2/t18-,21+,22+/m0/s1. The molecular formula is C23H30N2O3. The summed E-state index contributed by atoms with van der Waals surface area (Å²) in [6, 6.07) is 7.30. The number of piperidine rings is 3. The number of fused-ring (bicyclic) bond motifs is 3. The molecule has 28 heavy (non-hydrogen) atoms. The molecule has 7 rings (SSSR count). The summed E-state index contributed by atoms with van der Waals surface area (Å²) in [5.41, 5.74) is 1.31. The van der Waals surface area contributed by atoms with Crippen molar-refractivity contribution in [2.75, 3.05) is 26.4 Å². The summed E-state index contributed by atoms with van der Waals surface area (Å²) in [5, 5.41) is 0. The molecule has 4 saturated heterocycles. The van der Waals surface area contributed by atoms with Crippen LogP contribution in [0.15, 0.2) is 18.2 Å². The predicted molar refractivity (Wildman–Crippen MR) is 105 cm³/mol. The molecule has 5 heterocycles. The molecule has 5 fully saturated rings. The van der Waals surface area contributed by atoms with Gasteiger partial charge in [0.15, 0.2) is 11.5 Å². The third-order valence-corrected chi connectivity index (χ3v) is 8.06. The van der Waals surface area contributed by atoms with E-state index in [0.717, 1.165) is 30.9 Å². The van der Waals surface area contributed by atoms with Crippen molar-refractivity contribution in [3.05, 3.63) is 23.8 Å². The summed E-state index contributed by atoms with van der Waals surface area (Å²) in [4.78, 5) is 18.6. The molecule has 1 saturated carbocycles. The molecule has 150 valence electrons. The molecule has 5 aliphatic heterocycles. The second-order valence-corrected chi connectivity index (χ2v) is 9.40. The minimum absolute atomic E-state index is 0.264. The second kappa shape index (κ2) is 6.65. The molecule has 1 aliphatic carbocycles. The molecule has 5 heteroatoms. The van der Waals surface area contributed by atoms with E-state index in [1.165, 1.54) is 50.8 Å². The Morgan fingerprint density at radius 3 is 2.54 bits per heavy atom. The van der Waals surface area contributed by atoms with E-state index in [9.17, 15) is 4.79 Å². The smallest absolute Gasteiger partial charge is 0.231 e. The first-order valence-electron chi connectivity index (χ1n) is 11.2. The molecule has 0 unspecified atom stereocenters. The number of rotatable bonds is 2. The first-order valence-corrected chi connectivity index (χ1v) is 11.2. The second-order valence-electron chi connectivity index (χ2n) is 9.40. The number of carbonyl (C=O) groups is 1. The maximum atomic E-state index is 13.6. The van der Waals surface area contributed by atoms with Crippen LogP contribution in [0.2, 0.25) is 0 Å².